The Morgan fingerprint density at radius 2 is 1.62 bits per heavy atom. The van der Waals surface area contributed by atoms with Gasteiger partial charge in [-0.25, -0.2) is 0 Å². The Labute approximate surface area is 142 Å². The third-order valence-corrected chi connectivity index (χ3v) is 3.44. The number of carbonyl (C=O) groups is 3. The molecule has 1 rings (SSSR count). The molecule has 0 saturated carbocycles. The fraction of sp³-hybridized carbons (Fsp3) is 0.500. The summed E-state index contributed by atoms with van der Waals surface area (Å²) in [6.45, 7) is 7.64. The summed E-state index contributed by atoms with van der Waals surface area (Å²) in [6.07, 6.45) is 0.314. The van der Waals surface area contributed by atoms with Crippen LogP contribution in [0.3, 0.4) is 0 Å². The molecule has 0 fully saturated rings. The highest BCUT2D eigenvalue weighted by Gasteiger charge is 2.24. The molecule has 24 heavy (non-hydrogen) atoms. The molecule has 1 unspecified atom stereocenters. The third kappa shape index (κ3) is 6.81. The number of rotatable bonds is 8. The van der Waals surface area contributed by atoms with Crippen LogP contribution in [-0.2, 0) is 20.8 Å². The van der Waals surface area contributed by atoms with Crippen LogP contribution in [0, 0.1) is 11.8 Å². The molecule has 0 saturated heterocycles. The minimum atomic E-state index is -0.903. The molecule has 0 radical (unpaired) electrons. The molecule has 1 aromatic carbocycles. The van der Waals surface area contributed by atoms with Gasteiger partial charge in [0.1, 0.15) is 6.04 Å². The lowest BCUT2D eigenvalue weighted by molar-refractivity contribution is -0.136. The Hall–Kier alpha value is -2.37. The van der Waals surface area contributed by atoms with Gasteiger partial charge in [0.05, 0.1) is 6.42 Å². The van der Waals surface area contributed by atoms with Crippen LogP contribution in [0.25, 0.3) is 0 Å². The van der Waals surface area contributed by atoms with Crippen molar-refractivity contribution in [3.8, 4) is 0 Å². The lowest BCUT2D eigenvalue weighted by atomic mass is 10.0. The standard InChI is InChI=1S/C18H26N2O4/c1-11(2)9-15(21)20-17(12(3)4)18(24)19-14-7-5-13(6-8-14)10-16(22)23/h5-8,11-12,17H,9-10H2,1-4H3,(H,19,24)(H,20,21)(H,22,23). The molecule has 6 heteroatoms. The Morgan fingerprint density at radius 3 is 2.08 bits per heavy atom. The number of carboxylic acids is 1. The molecule has 0 aliphatic heterocycles. The second kappa shape index (κ2) is 9.05. The lowest BCUT2D eigenvalue weighted by Gasteiger charge is -2.22. The predicted octanol–water partition coefficient (Wildman–Crippen LogP) is 2.44. The van der Waals surface area contributed by atoms with Crippen molar-refractivity contribution in [2.24, 2.45) is 11.8 Å². The number of amides is 2. The zero-order valence-corrected chi connectivity index (χ0v) is 14.6. The molecule has 132 valence electrons. The Morgan fingerprint density at radius 1 is 1.04 bits per heavy atom. The highest BCUT2D eigenvalue weighted by atomic mass is 16.4. The van der Waals surface area contributed by atoms with E-state index < -0.39 is 12.0 Å². The first-order chi connectivity index (χ1) is 11.2. The number of aliphatic carboxylic acids is 1. The molecule has 0 aliphatic rings. The van der Waals surface area contributed by atoms with Crippen molar-refractivity contribution in [3.05, 3.63) is 29.8 Å². The van der Waals surface area contributed by atoms with Crippen LogP contribution in [0.15, 0.2) is 24.3 Å². The highest BCUT2D eigenvalue weighted by molar-refractivity contribution is 5.97. The zero-order valence-electron chi connectivity index (χ0n) is 14.6. The second-order valence-corrected chi connectivity index (χ2v) is 6.64. The maximum Gasteiger partial charge on any atom is 0.307 e. The largest absolute Gasteiger partial charge is 0.481 e. The van der Waals surface area contributed by atoms with Crippen molar-refractivity contribution in [2.45, 2.75) is 46.6 Å². The van der Waals surface area contributed by atoms with Crippen molar-refractivity contribution >= 4 is 23.5 Å². The predicted molar refractivity (Wildman–Crippen MR) is 92.6 cm³/mol. The average molecular weight is 334 g/mol. The zero-order chi connectivity index (χ0) is 18.3. The number of hydrogen-bond donors (Lipinski definition) is 3. The number of nitrogens with one attached hydrogen (secondary N) is 2. The van der Waals surface area contributed by atoms with Crippen molar-refractivity contribution < 1.29 is 19.5 Å². The van der Waals surface area contributed by atoms with Crippen molar-refractivity contribution in [1.29, 1.82) is 0 Å². The van der Waals surface area contributed by atoms with E-state index in [9.17, 15) is 14.4 Å². The Kier molecular flexibility index (Phi) is 7.42. The molecule has 0 bridgehead atoms. The molecule has 1 aromatic rings. The molecule has 0 aliphatic carbocycles. The van der Waals surface area contributed by atoms with Gasteiger partial charge in [-0.1, -0.05) is 39.8 Å². The maximum absolute atomic E-state index is 12.4. The van der Waals surface area contributed by atoms with E-state index in [1.807, 2.05) is 27.7 Å². The lowest BCUT2D eigenvalue weighted by Crippen LogP contribution is -2.47. The van der Waals surface area contributed by atoms with E-state index in [0.717, 1.165) is 0 Å². The topological polar surface area (TPSA) is 95.5 Å². The van der Waals surface area contributed by atoms with Gasteiger partial charge < -0.3 is 15.7 Å². The first-order valence-corrected chi connectivity index (χ1v) is 8.10. The van der Waals surface area contributed by atoms with E-state index in [4.69, 9.17) is 5.11 Å². The van der Waals surface area contributed by atoms with Gasteiger partial charge >= 0.3 is 5.97 Å². The molecule has 0 spiro atoms. The van der Waals surface area contributed by atoms with E-state index in [1.54, 1.807) is 24.3 Å². The van der Waals surface area contributed by atoms with E-state index in [0.29, 0.717) is 17.7 Å². The molecule has 6 nitrogen and oxygen atoms in total. The van der Waals surface area contributed by atoms with Crippen LogP contribution in [0.4, 0.5) is 5.69 Å². The Bertz CT molecular complexity index is 579. The van der Waals surface area contributed by atoms with E-state index in [-0.39, 0.29) is 30.1 Å². The van der Waals surface area contributed by atoms with Crippen molar-refractivity contribution in [3.63, 3.8) is 0 Å². The van der Waals surface area contributed by atoms with E-state index >= 15 is 0 Å². The molecule has 2 amide bonds. The second-order valence-electron chi connectivity index (χ2n) is 6.64. The fourth-order valence-electron chi connectivity index (χ4n) is 2.24. The quantitative estimate of drug-likeness (QED) is 0.680. The minimum Gasteiger partial charge on any atom is -0.481 e. The summed E-state index contributed by atoms with van der Waals surface area (Å²) >= 11 is 0. The van der Waals surface area contributed by atoms with Crippen LogP contribution in [0.5, 0.6) is 0 Å². The maximum atomic E-state index is 12.4. The first-order valence-electron chi connectivity index (χ1n) is 8.10. The number of benzene rings is 1. The number of hydrogen-bond acceptors (Lipinski definition) is 3. The highest BCUT2D eigenvalue weighted by Crippen LogP contribution is 2.13. The SMILES string of the molecule is CC(C)CC(=O)NC(C(=O)Nc1ccc(CC(=O)O)cc1)C(C)C. The van der Waals surface area contributed by atoms with Gasteiger partial charge in [-0.3, -0.25) is 14.4 Å². The summed E-state index contributed by atoms with van der Waals surface area (Å²) in [6, 6.07) is 6.01. The van der Waals surface area contributed by atoms with Crippen molar-refractivity contribution in [2.75, 3.05) is 5.32 Å². The summed E-state index contributed by atoms with van der Waals surface area (Å²) < 4.78 is 0. The number of carboxylic acid groups (broad SMARTS) is 1. The van der Waals surface area contributed by atoms with Gasteiger partial charge in [0.15, 0.2) is 0 Å². The summed E-state index contributed by atoms with van der Waals surface area (Å²) in [5.41, 5.74) is 1.23. The van der Waals surface area contributed by atoms with Gasteiger partial charge in [0.25, 0.3) is 0 Å². The molecular formula is C18H26N2O4. The summed E-state index contributed by atoms with van der Waals surface area (Å²) in [4.78, 5) is 35.0. The van der Waals surface area contributed by atoms with Crippen LogP contribution in [-0.4, -0.2) is 28.9 Å². The Balaban J connectivity index is 2.71. The summed E-state index contributed by atoms with van der Waals surface area (Å²) in [5.74, 6) is -1.15. The van der Waals surface area contributed by atoms with Crippen LogP contribution < -0.4 is 10.6 Å². The molecule has 1 atom stereocenters. The molecular weight excluding hydrogens is 308 g/mol. The number of anilines is 1. The van der Waals surface area contributed by atoms with E-state index in [2.05, 4.69) is 10.6 Å². The molecule has 0 aromatic heterocycles. The monoisotopic (exact) mass is 334 g/mol. The molecule has 0 heterocycles. The fourth-order valence-corrected chi connectivity index (χ4v) is 2.24. The summed E-state index contributed by atoms with van der Waals surface area (Å²) in [7, 11) is 0. The van der Waals surface area contributed by atoms with Gasteiger partial charge in [0.2, 0.25) is 11.8 Å². The number of carbonyl (C=O) groups excluding carboxylic acids is 2. The molecule has 3 N–H and O–H groups in total. The normalized spacial score (nSPS) is 12.1. The minimum absolute atomic E-state index is 0.0487. The summed E-state index contributed by atoms with van der Waals surface area (Å²) in [5, 5.41) is 14.3. The van der Waals surface area contributed by atoms with Crippen molar-refractivity contribution in [1.82, 2.24) is 5.32 Å². The van der Waals surface area contributed by atoms with Crippen LogP contribution in [0.2, 0.25) is 0 Å². The first kappa shape index (κ1) is 19.7. The smallest absolute Gasteiger partial charge is 0.307 e. The average Bonchev–Trinajstić information content (AvgIpc) is 2.45. The van der Waals surface area contributed by atoms with Gasteiger partial charge in [0, 0.05) is 12.1 Å². The van der Waals surface area contributed by atoms with Crippen LogP contribution in [0.1, 0.15) is 39.7 Å². The van der Waals surface area contributed by atoms with E-state index in [1.165, 1.54) is 0 Å². The van der Waals surface area contributed by atoms with Gasteiger partial charge in [-0.05, 0) is 29.5 Å². The van der Waals surface area contributed by atoms with Gasteiger partial charge in [-0.15, -0.1) is 0 Å². The van der Waals surface area contributed by atoms with Crippen LogP contribution >= 0.6 is 0 Å². The van der Waals surface area contributed by atoms with Gasteiger partial charge in [-0.2, -0.15) is 0 Å². The third-order valence-electron chi connectivity index (χ3n) is 3.44.